The number of halogens is 3. The molecule has 2 amide bonds. The van der Waals surface area contributed by atoms with Gasteiger partial charge in [0.2, 0.25) is 5.91 Å². The normalized spacial score (nSPS) is 19.6. The van der Waals surface area contributed by atoms with Crippen molar-refractivity contribution >= 4 is 11.8 Å². The van der Waals surface area contributed by atoms with Gasteiger partial charge in [-0.3, -0.25) is 14.3 Å². The summed E-state index contributed by atoms with van der Waals surface area (Å²) >= 11 is 0. The van der Waals surface area contributed by atoms with Crippen LogP contribution in [0.3, 0.4) is 0 Å². The molecule has 2 N–H and O–H groups in total. The summed E-state index contributed by atoms with van der Waals surface area (Å²) in [6, 6.07) is 2.36. The average Bonchev–Trinajstić information content (AvgIpc) is 3.55. The smallest absolute Gasteiger partial charge is 0.272 e. The summed E-state index contributed by atoms with van der Waals surface area (Å²) in [6.45, 7) is 2.80. The highest BCUT2D eigenvalue weighted by Gasteiger charge is 2.29. The van der Waals surface area contributed by atoms with Crippen LogP contribution < -0.4 is 10.6 Å². The molecule has 1 aromatic carbocycles. The molecule has 2 aliphatic carbocycles. The number of hydrogen-bond acceptors (Lipinski definition) is 4. The number of aromatic nitrogens is 2. The number of piperidine rings is 1. The highest BCUT2D eigenvalue weighted by atomic mass is 19.1. The molecule has 3 fully saturated rings. The zero-order chi connectivity index (χ0) is 27.4. The summed E-state index contributed by atoms with van der Waals surface area (Å²) in [4.78, 5) is 28.5. The zero-order valence-corrected chi connectivity index (χ0v) is 22.4. The zero-order valence-electron chi connectivity index (χ0n) is 22.4. The van der Waals surface area contributed by atoms with Gasteiger partial charge in [0.25, 0.3) is 5.91 Å². The third-order valence-electron chi connectivity index (χ3n) is 8.38. The lowest BCUT2D eigenvalue weighted by atomic mass is 9.93. The molecule has 212 valence electrons. The number of hydrogen-bond donors (Lipinski definition) is 2. The van der Waals surface area contributed by atoms with Gasteiger partial charge in [0.1, 0.15) is 17.5 Å². The summed E-state index contributed by atoms with van der Waals surface area (Å²) in [5.74, 6) is -3.65. The SMILES string of the molecule is O=C(CC(CCN1CCCCC1)NC(=O)c1cc(-c2c(F)cc(F)cc2F)n(C2CCCC2)n1)NC1CCC1. The number of likely N-dealkylation sites (tertiary alicyclic amines) is 1. The molecule has 5 rings (SSSR count). The minimum Gasteiger partial charge on any atom is -0.353 e. The van der Waals surface area contributed by atoms with E-state index in [1.165, 1.54) is 17.2 Å². The minimum atomic E-state index is -1.04. The molecule has 7 nitrogen and oxygen atoms in total. The van der Waals surface area contributed by atoms with E-state index in [9.17, 15) is 22.8 Å². The van der Waals surface area contributed by atoms with Gasteiger partial charge >= 0.3 is 0 Å². The Bertz CT molecular complexity index is 1150. The van der Waals surface area contributed by atoms with Gasteiger partial charge in [-0.15, -0.1) is 0 Å². The summed E-state index contributed by atoms with van der Waals surface area (Å²) in [7, 11) is 0. The number of rotatable bonds is 10. The first kappa shape index (κ1) is 27.7. The molecule has 1 aromatic heterocycles. The van der Waals surface area contributed by atoms with E-state index < -0.39 is 35.0 Å². The van der Waals surface area contributed by atoms with Crippen LogP contribution in [-0.4, -0.2) is 58.2 Å². The molecule has 0 spiro atoms. The van der Waals surface area contributed by atoms with Crippen molar-refractivity contribution in [1.82, 2.24) is 25.3 Å². The average molecular weight is 546 g/mol. The molecule has 3 aliphatic rings. The molecule has 1 unspecified atom stereocenters. The second kappa shape index (κ2) is 12.5. The van der Waals surface area contributed by atoms with E-state index in [0.717, 1.165) is 77.4 Å². The fourth-order valence-corrected chi connectivity index (χ4v) is 5.98. The molecule has 2 saturated carbocycles. The van der Waals surface area contributed by atoms with Gasteiger partial charge in [0.05, 0.1) is 17.3 Å². The summed E-state index contributed by atoms with van der Waals surface area (Å²) < 4.78 is 44.7. The van der Waals surface area contributed by atoms with Gasteiger partial charge in [-0.05, 0) is 70.5 Å². The monoisotopic (exact) mass is 545 g/mol. The Hall–Kier alpha value is -2.88. The Kier molecular flexibility index (Phi) is 8.89. The van der Waals surface area contributed by atoms with Gasteiger partial charge in [-0.1, -0.05) is 19.3 Å². The van der Waals surface area contributed by atoms with Gasteiger partial charge in [0.15, 0.2) is 5.69 Å². The van der Waals surface area contributed by atoms with E-state index in [2.05, 4.69) is 20.6 Å². The maximum absolute atomic E-state index is 14.8. The van der Waals surface area contributed by atoms with E-state index in [1.54, 1.807) is 0 Å². The van der Waals surface area contributed by atoms with Gasteiger partial charge in [-0.2, -0.15) is 5.10 Å². The maximum Gasteiger partial charge on any atom is 0.272 e. The number of nitrogens with zero attached hydrogens (tertiary/aromatic N) is 3. The summed E-state index contributed by atoms with van der Waals surface area (Å²) in [6.07, 6.45) is 10.8. The van der Waals surface area contributed by atoms with Crippen molar-refractivity contribution in [1.29, 1.82) is 0 Å². The molecule has 2 aromatic rings. The van der Waals surface area contributed by atoms with E-state index in [4.69, 9.17) is 0 Å². The van der Waals surface area contributed by atoms with Crippen molar-refractivity contribution < 1.29 is 22.8 Å². The Morgan fingerprint density at radius 1 is 0.923 bits per heavy atom. The standard InChI is InChI=1S/C29H38F3N5O2/c30-19-15-23(31)28(24(32)16-19)26-18-25(35-37(26)22-9-2-3-10-22)29(39)34-21(11-14-36-12-4-1-5-13-36)17-27(38)33-20-7-6-8-20/h15-16,18,20-22H,1-14,17H2,(H,33,38)(H,34,39). The molecular weight excluding hydrogens is 507 g/mol. The Labute approximate surface area is 227 Å². The highest BCUT2D eigenvalue weighted by Crippen LogP contribution is 2.36. The number of benzene rings is 1. The van der Waals surface area contributed by atoms with Crippen molar-refractivity contribution in [3.8, 4) is 11.3 Å². The fraction of sp³-hybridized carbons (Fsp3) is 0.621. The number of carbonyl (C=O) groups is 2. The lowest BCUT2D eigenvalue weighted by molar-refractivity contribution is -0.122. The predicted octanol–water partition coefficient (Wildman–Crippen LogP) is 5.12. The van der Waals surface area contributed by atoms with E-state index >= 15 is 0 Å². The van der Waals surface area contributed by atoms with Crippen LogP contribution in [0.15, 0.2) is 18.2 Å². The molecule has 1 saturated heterocycles. The van der Waals surface area contributed by atoms with Crippen molar-refractivity contribution in [2.45, 2.75) is 95.2 Å². The van der Waals surface area contributed by atoms with Crippen LogP contribution in [0.4, 0.5) is 13.2 Å². The first-order chi connectivity index (χ1) is 18.9. The quantitative estimate of drug-likeness (QED) is 0.435. The third kappa shape index (κ3) is 6.83. The first-order valence-corrected chi connectivity index (χ1v) is 14.4. The number of nitrogens with one attached hydrogen (secondary N) is 2. The Balaban J connectivity index is 1.36. The van der Waals surface area contributed by atoms with Gasteiger partial charge < -0.3 is 15.5 Å². The van der Waals surface area contributed by atoms with Crippen LogP contribution in [0, 0.1) is 17.5 Å². The lowest BCUT2D eigenvalue weighted by Crippen LogP contribution is -2.45. The minimum absolute atomic E-state index is 0.0300. The third-order valence-corrected chi connectivity index (χ3v) is 8.38. The first-order valence-electron chi connectivity index (χ1n) is 14.4. The molecular formula is C29H38F3N5O2. The maximum atomic E-state index is 14.8. The van der Waals surface area contributed by atoms with E-state index in [1.807, 2.05) is 0 Å². The fourth-order valence-electron chi connectivity index (χ4n) is 5.98. The van der Waals surface area contributed by atoms with Crippen molar-refractivity contribution in [3.05, 3.63) is 41.3 Å². The molecule has 10 heteroatoms. The highest BCUT2D eigenvalue weighted by molar-refractivity contribution is 5.94. The van der Waals surface area contributed by atoms with E-state index in [0.29, 0.717) is 18.6 Å². The van der Waals surface area contributed by atoms with Crippen molar-refractivity contribution in [2.75, 3.05) is 19.6 Å². The molecule has 39 heavy (non-hydrogen) atoms. The summed E-state index contributed by atoms with van der Waals surface area (Å²) in [5, 5.41) is 10.5. The van der Waals surface area contributed by atoms with Crippen LogP contribution in [0.5, 0.6) is 0 Å². The summed E-state index contributed by atoms with van der Waals surface area (Å²) in [5.41, 5.74) is -0.242. The van der Waals surface area contributed by atoms with Crippen LogP contribution in [0.25, 0.3) is 11.3 Å². The van der Waals surface area contributed by atoms with Gasteiger partial charge in [0, 0.05) is 37.2 Å². The lowest BCUT2D eigenvalue weighted by Gasteiger charge is -2.29. The number of amides is 2. The van der Waals surface area contributed by atoms with Crippen molar-refractivity contribution in [3.63, 3.8) is 0 Å². The van der Waals surface area contributed by atoms with E-state index in [-0.39, 0.29) is 35.8 Å². The second-order valence-electron chi connectivity index (χ2n) is 11.3. The predicted molar refractivity (Wildman–Crippen MR) is 142 cm³/mol. The topological polar surface area (TPSA) is 79.3 Å². The van der Waals surface area contributed by atoms with Crippen LogP contribution in [0.2, 0.25) is 0 Å². The molecule has 0 radical (unpaired) electrons. The molecule has 1 atom stereocenters. The Morgan fingerprint density at radius 3 is 2.26 bits per heavy atom. The largest absolute Gasteiger partial charge is 0.353 e. The second-order valence-corrected chi connectivity index (χ2v) is 11.3. The van der Waals surface area contributed by atoms with Crippen molar-refractivity contribution in [2.24, 2.45) is 0 Å². The van der Waals surface area contributed by atoms with Gasteiger partial charge in [-0.25, -0.2) is 13.2 Å². The van der Waals surface area contributed by atoms with Crippen LogP contribution >= 0.6 is 0 Å². The number of carbonyl (C=O) groups excluding carboxylic acids is 2. The molecule has 2 heterocycles. The Morgan fingerprint density at radius 2 is 1.62 bits per heavy atom. The molecule has 0 bridgehead atoms. The molecule has 1 aliphatic heterocycles. The van der Waals surface area contributed by atoms with Crippen LogP contribution in [0.1, 0.15) is 93.6 Å². The van der Waals surface area contributed by atoms with Crippen LogP contribution in [-0.2, 0) is 4.79 Å².